The predicted octanol–water partition coefficient (Wildman–Crippen LogP) is 5.19. The molecule has 4 heteroatoms. The van der Waals surface area contributed by atoms with Crippen LogP contribution in [0.15, 0.2) is 30.9 Å². The van der Waals surface area contributed by atoms with E-state index in [2.05, 4.69) is 59.9 Å². The van der Waals surface area contributed by atoms with Gasteiger partial charge in [0.05, 0.1) is 8.49 Å². The van der Waals surface area contributed by atoms with E-state index in [-0.39, 0.29) is 0 Å². The van der Waals surface area contributed by atoms with E-state index in [9.17, 15) is 0 Å². The maximum Gasteiger partial charge on any atom is 0.0711 e. The molecule has 0 amide bonds. The van der Waals surface area contributed by atoms with Gasteiger partial charge in [0.25, 0.3) is 0 Å². The van der Waals surface area contributed by atoms with E-state index in [0.29, 0.717) is 0 Å². The predicted molar refractivity (Wildman–Crippen MR) is 64.9 cm³/mol. The topological polar surface area (TPSA) is 0 Å². The molecule has 2 aromatic rings. The van der Waals surface area contributed by atoms with E-state index in [1.807, 2.05) is 6.07 Å². The summed E-state index contributed by atoms with van der Waals surface area (Å²) >= 11 is 12.2. The molecule has 0 unspecified atom stereocenters. The molecule has 0 saturated carbocycles. The Morgan fingerprint density at radius 3 is 2.33 bits per heavy atom. The van der Waals surface area contributed by atoms with Crippen molar-refractivity contribution in [1.29, 1.82) is 0 Å². The van der Waals surface area contributed by atoms with Gasteiger partial charge >= 0.3 is 0 Å². The Labute approximate surface area is 99.4 Å². The van der Waals surface area contributed by atoms with Gasteiger partial charge in [0, 0.05) is 14.3 Å². The van der Waals surface area contributed by atoms with Gasteiger partial charge in [-0.05, 0) is 50.1 Å². The summed E-state index contributed by atoms with van der Waals surface area (Å²) in [5.41, 5.74) is 0. The average molecular weight is 371 g/mol. The summed E-state index contributed by atoms with van der Waals surface area (Å²) in [6, 6.07) is 6.22. The minimum atomic E-state index is 1.14. The molecule has 0 N–H and O–H groups in total. The Kier molecular flexibility index (Phi) is 2.61. The molecular weight excluding hydrogens is 368 g/mol. The van der Waals surface area contributed by atoms with E-state index in [0.717, 1.165) is 12.7 Å². The van der Waals surface area contributed by atoms with Crippen LogP contribution in [0.1, 0.15) is 0 Å². The molecule has 0 spiro atoms. The van der Waals surface area contributed by atoms with E-state index in [4.69, 9.17) is 0 Å². The summed E-state index contributed by atoms with van der Waals surface area (Å²) in [5.74, 6) is 0. The molecule has 0 radical (unpaired) electrons. The molecule has 0 saturated heterocycles. The molecular formula is C8H3Br3S. The Bertz CT molecular complexity index is 394. The van der Waals surface area contributed by atoms with Crippen LogP contribution in [0.4, 0.5) is 0 Å². The summed E-state index contributed by atoms with van der Waals surface area (Å²) in [7, 11) is 0. The molecule has 62 valence electrons. The Morgan fingerprint density at radius 1 is 1.00 bits per heavy atom. The molecule has 0 atom stereocenters. The fraction of sp³-hybridized carbons (Fsp3) is 0. The van der Waals surface area contributed by atoms with Gasteiger partial charge in [0.1, 0.15) is 0 Å². The SMILES string of the molecule is Brc1cc2c(Br)ccc(Br)c2s1. The van der Waals surface area contributed by atoms with Crippen LogP contribution in [-0.4, -0.2) is 0 Å². The molecule has 0 bridgehead atoms. The first kappa shape index (κ1) is 9.19. The standard InChI is InChI=1S/C8H3Br3S/c9-5-1-2-6(10)8-4(5)3-7(11)12-8/h1-3H. The Hall–Kier alpha value is 0.620. The highest BCUT2D eigenvalue weighted by molar-refractivity contribution is 9.11. The minimum absolute atomic E-state index is 1.14. The third-order valence-electron chi connectivity index (χ3n) is 1.55. The fourth-order valence-corrected chi connectivity index (χ4v) is 3.72. The number of hydrogen-bond acceptors (Lipinski definition) is 1. The van der Waals surface area contributed by atoms with Crippen molar-refractivity contribution < 1.29 is 0 Å². The molecule has 12 heavy (non-hydrogen) atoms. The van der Waals surface area contributed by atoms with Gasteiger partial charge in [-0.3, -0.25) is 0 Å². The van der Waals surface area contributed by atoms with E-state index < -0.39 is 0 Å². The van der Waals surface area contributed by atoms with Crippen molar-refractivity contribution >= 4 is 69.2 Å². The Balaban J connectivity index is 2.93. The van der Waals surface area contributed by atoms with E-state index >= 15 is 0 Å². The second-order valence-corrected chi connectivity index (χ2v) is 6.46. The highest BCUT2D eigenvalue weighted by atomic mass is 79.9. The van der Waals surface area contributed by atoms with Gasteiger partial charge in [0.15, 0.2) is 0 Å². The highest BCUT2D eigenvalue weighted by Crippen LogP contribution is 2.38. The summed E-state index contributed by atoms with van der Waals surface area (Å²) < 4.78 is 4.72. The number of hydrogen-bond donors (Lipinski definition) is 0. The van der Waals surface area contributed by atoms with E-state index in [1.54, 1.807) is 11.3 Å². The molecule has 0 fully saturated rings. The maximum absolute atomic E-state index is 3.51. The maximum atomic E-state index is 3.51. The molecule has 1 heterocycles. The first-order valence-electron chi connectivity index (χ1n) is 3.21. The van der Waals surface area contributed by atoms with Crippen LogP contribution in [0.3, 0.4) is 0 Å². The van der Waals surface area contributed by atoms with Crippen LogP contribution < -0.4 is 0 Å². The molecule has 1 aromatic heterocycles. The van der Waals surface area contributed by atoms with Crippen molar-refractivity contribution in [3.05, 3.63) is 30.9 Å². The second-order valence-electron chi connectivity index (χ2n) is 2.32. The number of fused-ring (bicyclic) bond motifs is 1. The largest absolute Gasteiger partial charge is 0.127 e. The van der Waals surface area contributed by atoms with Crippen LogP contribution in [0, 0.1) is 0 Å². The molecule has 0 aliphatic carbocycles. The quantitative estimate of drug-likeness (QED) is 0.598. The number of benzene rings is 1. The smallest absolute Gasteiger partial charge is 0.0711 e. The van der Waals surface area contributed by atoms with Crippen molar-refractivity contribution in [3.8, 4) is 0 Å². The molecule has 2 rings (SSSR count). The van der Waals surface area contributed by atoms with Crippen molar-refractivity contribution in [2.24, 2.45) is 0 Å². The second kappa shape index (κ2) is 3.40. The monoisotopic (exact) mass is 368 g/mol. The average Bonchev–Trinajstić information content (AvgIpc) is 2.41. The van der Waals surface area contributed by atoms with Gasteiger partial charge in [-0.25, -0.2) is 0 Å². The normalized spacial score (nSPS) is 10.9. The highest BCUT2D eigenvalue weighted by Gasteiger charge is 2.05. The third-order valence-corrected chi connectivity index (χ3v) is 4.84. The summed E-state index contributed by atoms with van der Waals surface area (Å²) in [5, 5.41) is 1.25. The van der Waals surface area contributed by atoms with Crippen molar-refractivity contribution in [2.75, 3.05) is 0 Å². The lowest BCUT2D eigenvalue weighted by molar-refractivity contribution is 1.74. The van der Waals surface area contributed by atoms with Gasteiger partial charge < -0.3 is 0 Å². The lowest BCUT2D eigenvalue weighted by Gasteiger charge is -1.94. The van der Waals surface area contributed by atoms with Gasteiger partial charge in [-0.1, -0.05) is 15.9 Å². The zero-order valence-electron chi connectivity index (χ0n) is 5.77. The van der Waals surface area contributed by atoms with Gasteiger partial charge in [0.2, 0.25) is 0 Å². The van der Waals surface area contributed by atoms with Crippen LogP contribution >= 0.6 is 59.1 Å². The van der Waals surface area contributed by atoms with Crippen LogP contribution in [0.5, 0.6) is 0 Å². The van der Waals surface area contributed by atoms with E-state index in [1.165, 1.54) is 10.1 Å². The van der Waals surface area contributed by atoms with Gasteiger partial charge in [-0.2, -0.15) is 0 Å². The zero-order chi connectivity index (χ0) is 8.72. The number of halogens is 3. The molecule has 1 aromatic carbocycles. The number of thiophene rings is 1. The van der Waals surface area contributed by atoms with Crippen LogP contribution in [0.2, 0.25) is 0 Å². The summed E-state index contributed by atoms with van der Waals surface area (Å²) in [6.07, 6.45) is 0. The van der Waals surface area contributed by atoms with Crippen LogP contribution in [0.25, 0.3) is 10.1 Å². The van der Waals surface area contributed by atoms with Crippen molar-refractivity contribution in [2.45, 2.75) is 0 Å². The zero-order valence-corrected chi connectivity index (χ0v) is 11.3. The molecule has 0 aliphatic rings. The van der Waals surface area contributed by atoms with Crippen LogP contribution in [-0.2, 0) is 0 Å². The summed E-state index contributed by atoms with van der Waals surface area (Å²) in [6.45, 7) is 0. The van der Waals surface area contributed by atoms with Crippen molar-refractivity contribution in [1.82, 2.24) is 0 Å². The first-order chi connectivity index (χ1) is 5.68. The molecule has 0 nitrogen and oxygen atoms in total. The minimum Gasteiger partial charge on any atom is -0.127 e. The van der Waals surface area contributed by atoms with Crippen molar-refractivity contribution in [3.63, 3.8) is 0 Å². The first-order valence-corrected chi connectivity index (χ1v) is 6.41. The fourth-order valence-electron chi connectivity index (χ4n) is 1.03. The molecule has 0 aliphatic heterocycles. The third kappa shape index (κ3) is 1.50. The lowest BCUT2D eigenvalue weighted by Crippen LogP contribution is -1.67. The Morgan fingerprint density at radius 2 is 1.67 bits per heavy atom. The lowest BCUT2D eigenvalue weighted by atomic mass is 10.3. The summed E-state index contributed by atoms with van der Waals surface area (Å²) in [4.78, 5) is 0. The van der Waals surface area contributed by atoms with Gasteiger partial charge in [-0.15, -0.1) is 11.3 Å². The number of rotatable bonds is 0.